The van der Waals surface area contributed by atoms with Crippen LogP contribution in [-0.4, -0.2) is 35.9 Å². The van der Waals surface area contributed by atoms with Gasteiger partial charge < -0.3 is 15.3 Å². The lowest BCUT2D eigenvalue weighted by molar-refractivity contribution is -0.152. The number of carboxylic acids is 1. The summed E-state index contributed by atoms with van der Waals surface area (Å²) < 4.78 is 4.78. The molecule has 0 aliphatic carbocycles. The highest BCUT2D eigenvalue weighted by molar-refractivity contribution is 6.39. The van der Waals surface area contributed by atoms with E-state index in [1.54, 1.807) is 38.1 Å². The summed E-state index contributed by atoms with van der Waals surface area (Å²) in [5, 5.41) is 23.5. The number of nitrogens with zero attached hydrogens (tertiary/aromatic N) is 2. The van der Waals surface area contributed by atoms with E-state index in [0.717, 1.165) is 0 Å². The topological polar surface area (TPSA) is 112 Å². The number of nitriles is 1. The molecule has 0 amide bonds. The summed E-state index contributed by atoms with van der Waals surface area (Å²) in [6.07, 6.45) is 0.247. The summed E-state index contributed by atoms with van der Waals surface area (Å²) in [6.45, 7) is 3.45. The Bertz CT molecular complexity index is 738. The molecule has 0 aromatic heterocycles. The summed E-state index contributed by atoms with van der Waals surface area (Å²) in [5.74, 6) is -2.66. The molecule has 1 heterocycles. The molecule has 0 bridgehead atoms. The van der Waals surface area contributed by atoms with Gasteiger partial charge in [0.25, 0.3) is 0 Å². The molecule has 2 rings (SSSR count). The molecule has 1 aliphatic rings. The van der Waals surface area contributed by atoms with Crippen LogP contribution in [0.1, 0.15) is 37.3 Å². The Morgan fingerprint density at radius 3 is 2.67 bits per heavy atom. The number of aliphatic carboxylic acids is 1. The monoisotopic (exact) mass is 329 g/mol. The minimum absolute atomic E-state index is 0.0393. The van der Waals surface area contributed by atoms with E-state index in [1.165, 1.54) is 7.11 Å². The Balaban J connectivity index is 2.80. The van der Waals surface area contributed by atoms with E-state index < -0.39 is 29.3 Å². The Kier molecular flexibility index (Phi) is 4.88. The standard InChI is InChI=1S/C17H19N3O4/c1-4-17(16(22)23)10(2)19-20-14(15(21)24-3)13(17)12-8-6-5-7-11(12)9-18/h5-8,10,13,19H,4H2,1-3H3,(H,22,23). The number of carbonyl (C=O) groups is 2. The zero-order valence-electron chi connectivity index (χ0n) is 13.7. The number of ether oxygens (including phenoxy) is 1. The van der Waals surface area contributed by atoms with Crippen molar-refractivity contribution in [3.8, 4) is 6.07 Å². The van der Waals surface area contributed by atoms with E-state index >= 15 is 0 Å². The SMILES string of the molecule is CCC1(C(=O)O)C(C)NN=C(C(=O)OC)C1c1ccccc1C#N. The molecule has 0 fully saturated rings. The van der Waals surface area contributed by atoms with Gasteiger partial charge in [0.15, 0.2) is 5.71 Å². The molecule has 126 valence electrons. The maximum Gasteiger partial charge on any atom is 0.354 e. The van der Waals surface area contributed by atoms with E-state index in [-0.39, 0.29) is 12.1 Å². The lowest BCUT2D eigenvalue weighted by Gasteiger charge is -2.44. The molecular weight excluding hydrogens is 310 g/mol. The average Bonchev–Trinajstić information content (AvgIpc) is 2.60. The number of nitrogens with one attached hydrogen (secondary N) is 1. The fraction of sp³-hybridized carbons (Fsp3) is 0.412. The van der Waals surface area contributed by atoms with Gasteiger partial charge in [-0.3, -0.25) is 4.79 Å². The van der Waals surface area contributed by atoms with E-state index in [1.807, 2.05) is 0 Å². The van der Waals surface area contributed by atoms with Crippen LogP contribution in [0.2, 0.25) is 0 Å². The fourth-order valence-corrected chi connectivity index (χ4v) is 3.35. The number of methoxy groups -OCH3 is 1. The molecule has 1 aromatic carbocycles. The van der Waals surface area contributed by atoms with Gasteiger partial charge in [-0.1, -0.05) is 25.1 Å². The Hall–Kier alpha value is -2.88. The normalized spacial score (nSPS) is 25.8. The quantitative estimate of drug-likeness (QED) is 0.812. The van der Waals surface area contributed by atoms with Crippen molar-refractivity contribution in [2.24, 2.45) is 10.5 Å². The molecule has 1 aromatic rings. The Morgan fingerprint density at radius 1 is 1.46 bits per heavy atom. The highest BCUT2D eigenvalue weighted by Gasteiger charge is 2.56. The molecule has 0 saturated heterocycles. The van der Waals surface area contributed by atoms with Crippen LogP contribution in [-0.2, 0) is 14.3 Å². The van der Waals surface area contributed by atoms with Crippen LogP contribution >= 0.6 is 0 Å². The lowest BCUT2D eigenvalue weighted by Crippen LogP contribution is -2.57. The minimum Gasteiger partial charge on any atom is -0.481 e. The molecule has 0 radical (unpaired) electrons. The van der Waals surface area contributed by atoms with Gasteiger partial charge in [-0.15, -0.1) is 0 Å². The molecule has 24 heavy (non-hydrogen) atoms. The van der Waals surface area contributed by atoms with Gasteiger partial charge in [-0.2, -0.15) is 10.4 Å². The van der Waals surface area contributed by atoms with E-state index in [9.17, 15) is 20.0 Å². The number of hydrogen-bond donors (Lipinski definition) is 2. The first kappa shape index (κ1) is 17.5. The number of carboxylic acid groups (broad SMARTS) is 1. The second kappa shape index (κ2) is 6.71. The van der Waals surface area contributed by atoms with Gasteiger partial charge >= 0.3 is 11.9 Å². The summed E-state index contributed by atoms with van der Waals surface area (Å²) in [5.41, 5.74) is 2.13. The highest BCUT2D eigenvalue weighted by atomic mass is 16.5. The number of hydrogen-bond acceptors (Lipinski definition) is 6. The summed E-state index contributed by atoms with van der Waals surface area (Å²) in [4.78, 5) is 24.4. The molecule has 0 spiro atoms. The zero-order valence-corrected chi connectivity index (χ0v) is 13.7. The second-order valence-corrected chi connectivity index (χ2v) is 5.67. The number of carbonyl (C=O) groups excluding carboxylic acids is 1. The van der Waals surface area contributed by atoms with Crippen LogP contribution in [0.25, 0.3) is 0 Å². The van der Waals surface area contributed by atoms with Crippen LogP contribution in [0.3, 0.4) is 0 Å². The predicted molar refractivity (Wildman–Crippen MR) is 86.3 cm³/mol. The van der Waals surface area contributed by atoms with Crippen molar-refractivity contribution in [3.63, 3.8) is 0 Å². The van der Waals surface area contributed by atoms with Crippen LogP contribution in [0.15, 0.2) is 29.4 Å². The van der Waals surface area contributed by atoms with Crippen molar-refractivity contribution >= 4 is 17.7 Å². The lowest BCUT2D eigenvalue weighted by atomic mass is 9.62. The number of hydrazone groups is 1. The van der Waals surface area contributed by atoms with Crippen molar-refractivity contribution in [1.29, 1.82) is 5.26 Å². The van der Waals surface area contributed by atoms with Crippen LogP contribution in [0.4, 0.5) is 0 Å². The summed E-state index contributed by atoms with van der Waals surface area (Å²) >= 11 is 0. The largest absolute Gasteiger partial charge is 0.481 e. The van der Waals surface area contributed by atoms with Crippen molar-refractivity contribution in [2.45, 2.75) is 32.2 Å². The molecule has 1 aliphatic heterocycles. The first-order valence-electron chi connectivity index (χ1n) is 7.57. The number of esters is 1. The van der Waals surface area contributed by atoms with Crippen molar-refractivity contribution in [2.75, 3.05) is 7.11 Å². The van der Waals surface area contributed by atoms with Crippen molar-refractivity contribution in [3.05, 3.63) is 35.4 Å². The van der Waals surface area contributed by atoms with E-state index in [4.69, 9.17) is 4.74 Å². The molecule has 0 saturated carbocycles. The Labute approximate surface area is 139 Å². The third-order valence-electron chi connectivity index (χ3n) is 4.71. The van der Waals surface area contributed by atoms with Gasteiger partial charge in [0.1, 0.15) is 5.41 Å². The number of benzene rings is 1. The molecule has 3 unspecified atom stereocenters. The molecule has 2 N–H and O–H groups in total. The zero-order chi connectivity index (χ0) is 17.9. The fourth-order valence-electron chi connectivity index (χ4n) is 3.35. The van der Waals surface area contributed by atoms with Gasteiger partial charge in [0.05, 0.1) is 30.7 Å². The van der Waals surface area contributed by atoms with Crippen LogP contribution in [0.5, 0.6) is 0 Å². The highest BCUT2D eigenvalue weighted by Crippen LogP contribution is 2.46. The number of rotatable bonds is 4. The Morgan fingerprint density at radius 2 is 2.12 bits per heavy atom. The first-order chi connectivity index (χ1) is 11.4. The third-order valence-corrected chi connectivity index (χ3v) is 4.71. The van der Waals surface area contributed by atoms with Crippen molar-refractivity contribution in [1.82, 2.24) is 5.43 Å². The summed E-state index contributed by atoms with van der Waals surface area (Å²) in [7, 11) is 1.21. The van der Waals surface area contributed by atoms with Crippen LogP contribution < -0.4 is 5.43 Å². The van der Waals surface area contributed by atoms with Crippen LogP contribution in [0, 0.1) is 16.7 Å². The van der Waals surface area contributed by atoms with Gasteiger partial charge in [-0.05, 0) is 25.0 Å². The smallest absolute Gasteiger partial charge is 0.354 e. The first-order valence-corrected chi connectivity index (χ1v) is 7.57. The maximum absolute atomic E-state index is 12.2. The van der Waals surface area contributed by atoms with Gasteiger partial charge in [0.2, 0.25) is 0 Å². The van der Waals surface area contributed by atoms with E-state index in [0.29, 0.717) is 11.1 Å². The average molecular weight is 329 g/mol. The minimum atomic E-state index is -1.34. The van der Waals surface area contributed by atoms with Gasteiger partial charge in [0, 0.05) is 0 Å². The predicted octanol–water partition coefficient (Wildman–Crippen LogP) is 1.64. The third kappa shape index (κ3) is 2.50. The maximum atomic E-state index is 12.2. The van der Waals surface area contributed by atoms with Gasteiger partial charge in [-0.25, -0.2) is 4.79 Å². The summed E-state index contributed by atoms with van der Waals surface area (Å²) in [6, 6.07) is 8.18. The molecule has 7 nitrogen and oxygen atoms in total. The second-order valence-electron chi connectivity index (χ2n) is 5.67. The van der Waals surface area contributed by atoms with E-state index in [2.05, 4.69) is 16.6 Å². The molecular formula is C17H19N3O4. The molecule has 3 atom stereocenters. The van der Waals surface area contributed by atoms with Crippen molar-refractivity contribution < 1.29 is 19.4 Å². The molecule has 7 heteroatoms.